The van der Waals surface area contributed by atoms with Gasteiger partial charge in [-0.25, -0.2) is 0 Å². The van der Waals surface area contributed by atoms with E-state index in [9.17, 15) is 0 Å². The molecule has 1 heteroatoms. The Hall–Kier alpha value is -0.980. The second-order valence-electron chi connectivity index (χ2n) is 2.74. The van der Waals surface area contributed by atoms with Gasteiger partial charge < -0.3 is 5.73 Å². The molecule has 53 valence electrons. The van der Waals surface area contributed by atoms with Crippen LogP contribution in [-0.4, -0.2) is 0 Å². The number of nitrogens with one attached hydrogen (secondary N) is 1. The van der Waals surface area contributed by atoms with Gasteiger partial charge in [0.1, 0.15) is 0 Å². The van der Waals surface area contributed by atoms with E-state index in [-0.39, 0.29) is 0 Å². The van der Waals surface area contributed by atoms with Crippen LogP contribution in [0.1, 0.15) is 25.3 Å². The summed E-state index contributed by atoms with van der Waals surface area (Å²) in [6, 6.07) is 7.71. The minimum Gasteiger partial charge on any atom is -0.301 e. The molecule has 0 amide bonds. The van der Waals surface area contributed by atoms with Gasteiger partial charge in [0.05, 0.1) is 5.69 Å². The van der Waals surface area contributed by atoms with Crippen LogP contribution in [0.2, 0.25) is 0 Å². The Morgan fingerprint density at radius 3 is 2.20 bits per heavy atom. The van der Waals surface area contributed by atoms with Crippen LogP contribution in [0.3, 0.4) is 0 Å². The van der Waals surface area contributed by atoms with E-state index in [0.29, 0.717) is 11.6 Å². The van der Waals surface area contributed by atoms with Crippen molar-refractivity contribution in [2.24, 2.45) is 0 Å². The Bertz CT molecular complexity index is 216. The van der Waals surface area contributed by atoms with Crippen LogP contribution >= 0.6 is 0 Å². The lowest BCUT2D eigenvalue weighted by molar-refractivity contribution is 0.865. The molecule has 0 spiro atoms. The minimum atomic E-state index is 0.466. The zero-order valence-electron chi connectivity index (χ0n) is 6.39. The molecule has 0 unspecified atom stereocenters. The Balaban J connectivity index is 3.03. The van der Waals surface area contributed by atoms with E-state index in [2.05, 4.69) is 13.8 Å². The second kappa shape index (κ2) is 2.74. The Morgan fingerprint density at radius 2 is 1.80 bits per heavy atom. The lowest BCUT2D eigenvalue weighted by Crippen LogP contribution is -1.87. The second-order valence-corrected chi connectivity index (χ2v) is 2.74. The van der Waals surface area contributed by atoms with E-state index in [0.717, 1.165) is 5.56 Å². The molecule has 0 aliphatic carbocycles. The van der Waals surface area contributed by atoms with Crippen molar-refractivity contribution >= 4 is 5.69 Å². The van der Waals surface area contributed by atoms with Crippen molar-refractivity contribution in [2.45, 2.75) is 19.8 Å². The maximum Gasteiger partial charge on any atom is 0.0574 e. The maximum absolute atomic E-state index is 7.50. The fraction of sp³-hybridized carbons (Fsp3) is 0.333. The fourth-order valence-electron chi connectivity index (χ4n) is 1.00. The summed E-state index contributed by atoms with van der Waals surface area (Å²) in [5, 5.41) is 0. The third-order valence-electron chi connectivity index (χ3n) is 1.58. The fourth-order valence-corrected chi connectivity index (χ4v) is 1.00. The van der Waals surface area contributed by atoms with Crippen LogP contribution in [0.25, 0.3) is 0 Å². The summed E-state index contributed by atoms with van der Waals surface area (Å²) in [5.41, 5.74) is 9.28. The van der Waals surface area contributed by atoms with E-state index in [1.54, 1.807) is 0 Å². The van der Waals surface area contributed by atoms with Gasteiger partial charge >= 0.3 is 0 Å². The average molecular weight is 134 g/mol. The zero-order valence-corrected chi connectivity index (χ0v) is 6.39. The molecule has 0 aromatic heterocycles. The van der Waals surface area contributed by atoms with Gasteiger partial charge in [0, 0.05) is 0 Å². The summed E-state index contributed by atoms with van der Waals surface area (Å²) in [4.78, 5) is 0. The van der Waals surface area contributed by atoms with Crippen LogP contribution in [0.5, 0.6) is 0 Å². The van der Waals surface area contributed by atoms with Crippen LogP contribution in [0.4, 0.5) is 5.69 Å². The zero-order chi connectivity index (χ0) is 7.56. The van der Waals surface area contributed by atoms with E-state index >= 15 is 0 Å². The molecule has 10 heavy (non-hydrogen) atoms. The molecule has 1 nitrogen and oxygen atoms in total. The van der Waals surface area contributed by atoms with Crippen LogP contribution in [0.15, 0.2) is 24.3 Å². The Kier molecular flexibility index (Phi) is 1.95. The van der Waals surface area contributed by atoms with Crippen molar-refractivity contribution in [2.75, 3.05) is 0 Å². The molecule has 1 rings (SSSR count). The lowest BCUT2D eigenvalue weighted by Gasteiger charge is -2.06. The average Bonchev–Trinajstić information content (AvgIpc) is 1.88. The highest BCUT2D eigenvalue weighted by molar-refractivity contribution is 5.44. The number of hydrogen-bond donors (Lipinski definition) is 0. The quantitative estimate of drug-likeness (QED) is 0.564. The molecule has 1 aromatic carbocycles. The van der Waals surface area contributed by atoms with Gasteiger partial charge in [-0.3, -0.25) is 0 Å². The van der Waals surface area contributed by atoms with Crippen molar-refractivity contribution in [3.05, 3.63) is 29.8 Å². The smallest absolute Gasteiger partial charge is 0.0574 e. The van der Waals surface area contributed by atoms with E-state index in [4.69, 9.17) is 5.73 Å². The summed E-state index contributed by atoms with van der Waals surface area (Å²) >= 11 is 0. The normalized spacial score (nSPS) is 10.3. The first-order chi connectivity index (χ1) is 4.72. The number of rotatable bonds is 1. The van der Waals surface area contributed by atoms with Crippen molar-refractivity contribution in [3.63, 3.8) is 0 Å². The molecule has 0 bridgehead atoms. The predicted octanol–water partition coefficient (Wildman–Crippen LogP) is 2.72. The first-order valence-corrected chi connectivity index (χ1v) is 3.52. The highest BCUT2D eigenvalue weighted by Crippen LogP contribution is 2.21. The van der Waals surface area contributed by atoms with Gasteiger partial charge in [0.2, 0.25) is 0 Å². The lowest BCUT2D eigenvalue weighted by atomic mass is 10.0. The van der Waals surface area contributed by atoms with Gasteiger partial charge in [-0.05, 0) is 17.5 Å². The maximum atomic E-state index is 7.50. The van der Waals surface area contributed by atoms with Crippen LogP contribution in [-0.2, 0) is 0 Å². The summed E-state index contributed by atoms with van der Waals surface area (Å²) in [5.74, 6) is 0.466. The molecule has 0 fully saturated rings. The van der Waals surface area contributed by atoms with Gasteiger partial charge in [0.25, 0.3) is 0 Å². The summed E-state index contributed by atoms with van der Waals surface area (Å²) in [6.45, 7) is 4.21. The molecule has 0 atom stereocenters. The van der Waals surface area contributed by atoms with Crippen LogP contribution < -0.4 is 5.73 Å². The molecule has 0 aliphatic heterocycles. The molecule has 0 saturated carbocycles. The first kappa shape index (κ1) is 7.13. The monoisotopic (exact) mass is 134 g/mol. The Labute approximate surface area is 61.9 Å². The molecule has 0 aliphatic rings. The summed E-state index contributed by atoms with van der Waals surface area (Å²) in [6.07, 6.45) is 0. The van der Waals surface area contributed by atoms with Gasteiger partial charge in [0.15, 0.2) is 0 Å². The van der Waals surface area contributed by atoms with E-state index in [1.807, 2.05) is 24.3 Å². The van der Waals surface area contributed by atoms with Crippen molar-refractivity contribution in [1.29, 1.82) is 0 Å². The summed E-state index contributed by atoms with van der Waals surface area (Å²) < 4.78 is 0. The number of hydrogen-bond acceptors (Lipinski definition) is 0. The van der Waals surface area contributed by atoms with Crippen molar-refractivity contribution in [1.82, 2.24) is 5.73 Å². The molecule has 1 aromatic rings. The number of benzene rings is 1. The van der Waals surface area contributed by atoms with Gasteiger partial charge in [-0.2, -0.15) is 0 Å². The highest BCUT2D eigenvalue weighted by Gasteiger charge is 2.00. The van der Waals surface area contributed by atoms with Crippen LogP contribution in [0, 0.1) is 0 Å². The van der Waals surface area contributed by atoms with Crippen molar-refractivity contribution in [3.8, 4) is 0 Å². The third kappa shape index (κ3) is 1.29. The first-order valence-electron chi connectivity index (χ1n) is 3.52. The molecule has 1 radical (unpaired) electrons. The van der Waals surface area contributed by atoms with Crippen molar-refractivity contribution < 1.29 is 0 Å². The van der Waals surface area contributed by atoms with E-state index < -0.39 is 0 Å². The van der Waals surface area contributed by atoms with Gasteiger partial charge in [-0.1, -0.05) is 32.0 Å². The third-order valence-corrected chi connectivity index (χ3v) is 1.58. The van der Waals surface area contributed by atoms with Gasteiger partial charge in [-0.15, -0.1) is 0 Å². The van der Waals surface area contributed by atoms with E-state index in [1.165, 1.54) is 0 Å². The molecule has 1 N–H and O–H groups in total. The topological polar surface area (TPSA) is 23.8 Å². The standard InChI is InChI=1S/C9H12N/c1-7(2)8-5-3-4-6-9(8)10/h3-7,10H,1-2H3. The molecule has 0 heterocycles. The summed E-state index contributed by atoms with van der Waals surface area (Å²) in [7, 11) is 0. The molecular formula is C9H12N. The minimum absolute atomic E-state index is 0.466. The molecular weight excluding hydrogens is 122 g/mol. The SMILES string of the molecule is CC(C)c1ccccc1[NH]. The Morgan fingerprint density at radius 1 is 1.20 bits per heavy atom. The highest BCUT2D eigenvalue weighted by atomic mass is 14.6. The molecule has 0 saturated heterocycles. The largest absolute Gasteiger partial charge is 0.301 e. The predicted molar refractivity (Wildman–Crippen MR) is 43.3 cm³/mol.